The lowest BCUT2D eigenvalue weighted by Gasteiger charge is -2.27. The van der Waals surface area contributed by atoms with Gasteiger partial charge in [0.2, 0.25) is 5.91 Å². The SMILES string of the molecule is CCC(C)(C)NC(=O)C(C)Nc1c(F)cccc1Cl. The minimum absolute atomic E-state index is 0.154. The highest BCUT2D eigenvalue weighted by Crippen LogP contribution is 2.25. The van der Waals surface area contributed by atoms with Crippen molar-refractivity contribution in [3.63, 3.8) is 0 Å². The van der Waals surface area contributed by atoms with Gasteiger partial charge < -0.3 is 10.6 Å². The van der Waals surface area contributed by atoms with Gasteiger partial charge in [-0.3, -0.25) is 4.79 Å². The fourth-order valence-corrected chi connectivity index (χ4v) is 1.67. The molecule has 3 nitrogen and oxygen atoms in total. The average molecular weight is 287 g/mol. The maximum atomic E-state index is 13.6. The number of carbonyl (C=O) groups excluding carboxylic acids is 1. The predicted octanol–water partition coefficient (Wildman–Crippen LogP) is 3.58. The predicted molar refractivity (Wildman–Crippen MR) is 77.0 cm³/mol. The first-order chi connectivity index (χ1) is 8.76. The van der Waals surface area contributed by atoms with Gasteiger partial charge in [0, 0.05) is 5.54 Å². The van der Waals surface area contributed by atoms with E-state index in [1.807, 2.05) is 20.8 Å². The maximum Gasteiger partial charge on any atom is 0.242 e. The van der Waals surface area contributed by atoms with E-state index in [1.54, 1.807) is 13.0 Å². The van der Waals surface area contributed by atoms with E-state index >= 15 is 0 Å². The van der Waals surface area contributed by atoms with Gasteiger partial charge in [0.15, 0.2) is 0 Å². The van der Waals surface area contributed by atoms with Gasteiger partial charge in [0.25, 0.3) is 0 Å². The standard InChI is InChI=1S/C14H20ClFN2O/c1-5-14(3,4)18-13(19)9(2)17-12-10(15)7-6-8-11(12)16/h6-9,17H,5H2,1-4H3,(H,18,19). The highest BCUT2D eigenvalue weighted by atomic mass is 35.5. The fraction of sp³-hybridized carbons (Fsp3) is 0.500. The van der Waals surface area contributed by atoms with Crippen LogP contribution in [-0.4, -0.2) is 17.5 Å². The van der Waals surface area contributed by atoms with Crippen molar-refractivity contribution in [2.24, 2.45) is 0 Å². The molecule has 0 aliphatic carbocycles. The summed E-state index contributed by atoms with van der Waals surface area (Å²) in [6.07, 6.45) is 0.811. The van der Waals surface area contributed by atoms with E-state index in [1.165, 1.54) is 12.1 Å². The van der Waals surface area contributed by atoms with Crippen LogP contribution in [0.3, 0.4) is 0 Å². The zero-order valence-electron chi connectivity index (χ0n) is 11.7. The van der Waals surface area contributed by atoms with Gasteiger partial charge in [0.05, 0.1) is 10.7 Å². The molecule has 0 saturated carbocycles. The van der Waals surface area contributed by atoms with Crippen molar-refractivity contribution in [2.75, 3.05) is 5.32 Å². The van der Waals surface area contributed by atoms with E-state index in [9.17, 15) is 9.18 Å². The molecule has 0 fully saturated rings. The topological polar surface area (TPSA) is 41.1 Å². The van der Waals surface area contributed by atoms with Crippen LogP contribution in [-0.2, 0) is 4.79 Å². The first-order valence-electron chi connectivity index (χ1n) is 6.29. The summed E-state index contributed by atoms with van der Waals surface area (Å²) >= 11 is 5.90. The first-order valence-corrected chi connectivity index (χ1v) is 6.67. The molecule has 0 aliphatic rings. The third-order valence-corrected chi connectivity index (χ3v) is 3.38. The molecule has 0 heterocycles. The summed E-state index contributed by atoms with van der Waals surface area (Å²) in [5, 5.41) is 5.96. The van der Waals surface area contributed by atoms with Crippen molar-refractivity contribution < 1.29 is 9.18 Å². The number of benzene rings is 1. The molecule has 0 bridgehead atoms. The molecule has 0 radical (unpaired) electrons. The van der Waals surface area contributed by atoms with Crippen molar-refractivity contribution >= 4 is 23.2 Å². The van der Waals surface area contributed by atoms with Crippen molar-refractivity contribution in [3.8, 4) is 0 Å². The number of hydrogen-bond donors (Lipinski definition) is 2. The van der Waals surface area contributed by atoms with Crippen LogP contribution in [0.25, 0.3) is 0 Å². The molecule has 5 heteroatoms. The second-order valence-electron chi connectivity index (χ2n) is 5.19. The number of rotatable bonds is 5. The van der Waals surface area contributed by atoms with Crippen LogP contribution in [0.2, 0.25) is 5.02 Å². The lowest BCUT2D eigenvalue weighted by Crippen LogP contribution is -2.48. The lowest BCUT2D eigenvalue weighted by atomic mass is 10.0. The Hall–Kier alpha value is -1.29. The van der Waals surface area contributed by atoms with Gasteiger partial charge in [0.1, 0.15) is 11.9 Å². The molecule has 2 N–H and O–H groups in total. The molecule has 1 aromatic rings. The Labute approximate surface area is 118 Å². The van der Waals surface area contributed by atoms with Gasteiger partial charge in [-0.15, -0.1) is 0 Å². The van der Waals surface area contributed by atoms with Gasteiger partial charge in [-0.05, 0) is 39.3 Å². The van der Waals surface area contributed by atoms with Crippen LogP contribution < -0.4 is 10.6 Å². The number of carbonyl (C=O) groups is 1. The van der Waals surface area contributed by atoms with Crippen LogP contribution in [0.5, 0.6) is 0 Å². The number of hydrogen-bond acceptors (Lipinski definition) is 2. The van der Waals surface area contributed by atoms with Crippen LogP contribution in [0.15, 0.2) is 18.2 Å². The third-order valence-electron chi connectivity index (χ3n) is 3.06. The maximum absolute atomic E-state index is 13.6. The molecule has 1 rings (SSSR count). The van der Waals surface area contributed by atoms with Gasteiger partial charge in [-0.1, -0.05) is 24.6 Å². The van der Waals surface area contributed by atoms with E-state index in [2.05, 4.69) is 10.6 Å². The van der Waals surface area contributed by atoms with Crippen LogP contribution in [0.4, 0.5) is 10.1 Å². The Kier molecular flexibility index (Phi) is 5.18. The number of anilines is 1. The largest absolute Gasteiger partial charge is 0.370 e. The van der Waals surface area contributed by atoms with Gasteiger partial charge >= 0.3 is 0 Å². The lowest BCUT2D eigenvalue weighted by molar-refractivity contribution is -0.123. The molecule has 0 spiro atoms. The molecular weight excluding hydrogens is 267 g/mol. The quantitative estimate of drug-likeness (QED) is 0.868. The van der Waals surface area contributed by atoms with Crippen molar-refractivity contribution in [2.45, 2.75) is 45.7 Å². The van der Waals surface area contributed by atoms with Crippen molar-refractivity contribution in [1.82, 2.24) is 5.32 Å². The fourth-order valence-electron chi connectivity index (χ4n) is 1.45. The molecule has 0 aliphatic heterocycles. The first kappa shape index (κ1) is 15.8. The Balaban J connectivity index is 2.75. The Bertz CT molecular complexity index is 443. The van der Waals surface area contributed by atoms with Crippen molar-refractivity contribution in [1.29, 1.82) is 0 Å². The van der Waals surface area contributed by atoms with E-state index in [-0.39, 0.29) is 22.2 Å². The minimum Gasteiger partial charge on any atom is -0.370 e. The Morgan fingerprint density at radius 3 is 2.63 bits per heavy atom. The number of halogens is 2. The normalized spacial score (nSPS) is 12.9. The van der Waals surface area contributed by atoms with E-state index < -0.39 is 11.9 Å². The number of nitrogens with one attached hydrogen (secondary N) is 2. The molecule has 1 unspecified atom stereocenters. The number of para-hydroxylation sites is 1. The molecule has 1 aromatic carbocycles. The number of amides is 1. The average Bonchev–Trinajstić information content (AvgIpc) is 2.33. The highest BCUT2D eigenvalue weighted by molar-refractivity contribution is 6.33. The zero-order chi connectivity index (χ0) is 14.6. The van der Waals surface area contributed by atoms with E-state index in [4.69, 9.17) is 11.6 Å². The molecule has 106 valence electrons. The van der Waals surface area contributed by atoms with Gasteiger partial charge in [-0.2, -0.15) is 0 Å². The Morgan fingerprint density at radius 1 is 1.47 bits per heavy atom. The highest BCUT2D eigenvalue weighted by Gasteiger charge is 2.22. The third kappa shape index (κ3) is 4.39. The van der Waals surface area contributed by atoms with E-state index in [0.29, 0.717) is 0 Å². The summed E-state index contributed by atoms with van der Waals surface area (Å²) < 4.78 is 13.6. The summed E-state index contributed by atoms with van der Waals surface area (Å²) in [4.78, 5) is 12.0. The Morgan fingerprint density at radius 2 is 2.11 bits per heavy atom. The minimum atomic E-state index is -0.569. The molecule has 1 atom stereocenters. The van der Waals surface area contributed by atoms with Crippen LogP contribution >= 0.6 is 11.6 Å². The monoisotopic (exact) mass is 286 g/mol. The summed E-state index contributed by atoms with van der Waals surface area (Å²) in [5.74, 6) is -0.659. The molecular formula is C14H20ClFN2O. The van der Waals surface area contributed by atoms with E-state index in [0.717, 1.165) is 6.42 Å². The molecule has 1 amide bonds. The molecule has 0 saturated heterocycles. The summed E-state index contributed by atoms with van der Waals surface area (Å²) in [7, 11) is 0. The molecule has 19 heavy (non-hydrogen) atoms. The summed E-state index contributed by atoms with van der Waals surface area (Å²) in [5.41, 5.74) is -0.132. The van der Waals surface area contributed by atoms with Gasteiger partial charge in [-0.25, -0.2) is 4.39 Å². The molecule has 0 aromatic heterocycles. The van der Waals surface area contributed by atoms with Crippen LogP contribution in [0, 0.1) is 5.82 Å². The zero-order valence-corrected chi connectivity index (χ0v) is 12.4. The smallest absolute Gasteiger partial charge is 0.242 e. The second-order valence-corrected chi connectivity index (χ2v) is 5.60. The summed E-state index contributed by atoms with van der Waals surface area (Å²) in [6, 6.07) is 3.83. The second kappa shape index (κ2) is 6.24. The van der Waals surface area contributed by atoms with Crippen molar-refractivity contribution in [3.05, 3.63) is 29.0 Å². The summed E-state index contributed by atoms with van der Waals surface area (Å²) in [6.45, 7) is 7.54. The van der Waals surface area contributed by atoms with Crippen LogP contribution in [0.1, 0.15) is 34.1 Å².